The molecular weight excluding hydrogens is 322 g/mol. The Kier molecular flexibility index (Phi) is 4.57. The highest BCUT2D eigenvalue weighted by molar-refractivity contribution is 5.83. The minimum Gasteiger partial charge on any atom is -0.341 e. The zero-order valence-corrected chi connectivity index (χ0v) is 15.0. The quantitative estimate of drug-likeness (QED) is 0.714. The molecule has 1 unspecified atom stereocenters. The Hall–Kier alpha value is -2.88. The summed E-state index contributed by atoms with van der Waals surface area (Å²) in [6, 6.07) is 20.4. The molecule has 0 aliphatic carbocycles. The Labute approximate surface area is 154 Å². The number of hydrogen-bond acceptors (Lipinski definition) is 2. The number of amides is 1. The maximum Gasteiger partial charge on any atom is 0.233 e. The van der Waals surface area contributed by atoms with E-state index in [0.717, 1.165) is 42.0 Å². The Morgan fingerprint density at radius 2 is 1.81 bits per heavy atom. The number of hydrogen-bond donors (Lipinski definition) is 0. The van der Waals surface area contributed by atoms with Crippen LogP contribution in [0.2, 0.25) is 0 Å². The molecule has 0 bridgehead atoms. The zero-order chi connectivity index (χ0) is 17.9. The first-order valence-electron chi connectivity index (χ1n) is 9.14. The molecule has 1 aliphatic heterocycles. The molecule has 1 aliphatic rings. The van der Waals surface area contributed by atoms with E-state index in [1.165, 1.54) is 0 Å². The molecule has 2 heterocycles. The fourth-order valence-corrected chi connectivity index (χ4v) is 3.76. The smallest absolute Gasteiger partial charge is 0.233 e. The van der Waals surface area contributed by atoms with Crippen molar-refractivity contribution < 1.29 is 4.79 Å². The van der Waals surface area contributed by atoms with Crippen LogP contribution in [0, 0.1) is 0 Å². The van der Waals surface area contributed by atoms with Gasteiger partial charge in [0.1, 0.15) is 5.82 Å². The number of imidazole rings is 1. The first kappa shape index (κ1) is 16.6. The Morgan fingerprint density at radius 3 is 2.54 bits per heavy atom. The van der Waals surface area contributed by atoms with E-state index in [2.05, 4.69) is 33.8 Å². The van der Waals surface area contributed by atoms with Gasteiger partial charge >= 0.3 is 0 Å². The van der Waals surface area contributed by atoms with Crippen molar-refractivity contribution >= 4 is 5.91 Å². The van der Waals surface area contributed by atoms with Crippen molar-refractivity contribution in [1.29, 1.82) is 0 Å². The Morgan fingerprint density at radius 1 is 1.12 bits per heavy atom. The molecule has 0 radical (unpaired) electrons. The second kappa shape index (κ2) is 7.16. The third kappa shape index (κ3) is 3.15. The first-order valence-corrected chi connectivity index (χ1v) is 9.14. The molecule has 0 N–H and O–H groups in total. The van der Waals surface area contributed by atoms with Crippen LogP contribution in [0.25, 0.3) is 11.3 Å². The lowest BCUT2D eigenvalue weighted by atomic mass is 9.96. The molecule has 4 rings (SSSR count). The molecule has 0 saturated heterocycles. The molecule has 0 saturated carbocycles. The van der Waals surface area contributed by atoms with Crippen molar-refractivity contribution in [2.45, 2.75) is 31.8 Å². The van der Waals surface area contributed by atoms with Gasteiger partial charge in [-0.3, -0.25) is 4.79 Å². The van der Waals surface area contributed by atoms with Gasteiger partial charge in [-0.1, -0.05) is 60.7 Å². The van der Waals surface area contributed by atoms with Crippen molar-refractivity contribution in [3.8, 4) is 11.3 Å². The Bertz CT molecular complexity index is 886. The van der Waals surface area contributed by atoms with E-state index in [1.807, 2.05) is 54.5 Å². The highest BCUT2D eigenvalue weighted by Crippen LogP contribution is 2.32. The second-order valence-electron chi connectivity index (χ2n) is 6.89. The molecule has 0 spiro atoms. The van der Waals surface area contributed by atoms with E-state index in [-0.39, 0.29) is 11.8 Å². The minimum atomic E-state index is -0.157. The number of nitrogens with zero attached hydrogens (tertiary/aromatic N) is 3. The van der Waals surface area contributed by atoms with Gasteiger partial charge in [0.2, 0.25) is 5.91 Å². The van der Waals surface area contributed by atoms with Crippen LogP contribution in [-0.4, -0.2) is 27.4 Å². The summed E-state index contributed by atoms with van der Waals surface area (Å²) < 4.78 is 2.22. The predicted molar refractivity (Wildman–Crippen MR) is 103 cm³/mol. The number of rotatable bonds is 4. The second-order valence-corrected chi connectivity index (χ2v) is 6.89. The van der Waals surface area contributed by atoms with Gasteiger partial charge in [0.05, 0.1) is 17.8 Å². The third-order valence-corrected chi connectivity index (χ3v) is 5.08. The summed E-state index contributed by atoms with van der Waals surface area (Å²) >= 11 is 0. The van der Waals surface area contributed by atoms with Gasteiger partial charge in [0.25, 0.3) is 0 Å². The van der Waals surface area contributed by atoms with E-state index >= 15 is 0 Å². The maximum atomic E-state index is 13.1. The van der Waals surface area contributed by atoms with Gasteiger partial charge < -0.3 is 9.47 Å². The molecule has 26 heavy (non-hydrogen) atoms. The van der Waals surface area contributed by atoms with E-state index in [9.17, 15) is 4.79 Å². The first-order chi connectivity index (χ1) is 12.7. The normalized spacial score (nSPS) is 16.1. The summed E-state index contributed by atoms with van der Waals surface area (Å²) in [6.45, 7) is 1.55. The fourth-order valence-electron chi connectivity index (χ4n) is 3.76. The van der Waals surface area contributed by atoms with E-state index in [1.54, 1.807) is 0 Å². The van der Waals surface area contributed by atoms with Crippen LogP contribution < -0.4 is 0 Å². The van der Waals surface area contributed by atoms with Crippen LogP contribution in [0.15, 0.2) is 66.9 Å². The molecular formula is C22H23N3O. The van der Waals surface area contributed by atoms with Gasteiger partial charge in [-0.2, -0.15) is 0 Å². The minimum absolute atomic E-state index is 0.153. The maximum absolute atomic E-state index is 13.1. The van der Waals surface area contributed by atoms with E-state index < -0.39 is 0 Å². The number of carbonyl (C=O) groups is 1. The van der Waals surface area contributed by atoms with Crippen molar-refractivity contribution in [1.82, 2.24) is 14.5 Å². The standard InChI is InChI=1S/C22H23N3O/c1-24(16-17-9-4-2-5-10-17)22(26)19-13-8-14-25-20(15-23-21(19)25)18-11-6-3-7-12-18/h2-7,9-12,15,19H,8,13-14,16H2,1H3. The van der Waals surface area contributed by atoms with Crippen LogP contribution in [0.5, 0.6) is 0 Å². The van der Waals surface area contributed by atoms with E-state index in [4.69, 9.17) is 0 Å². The van der Waals surface area contributed by atoms with Gasteiger partial charge in [-0.05, 0) is 24.0 Å². The lowest BCUT2D eigenvalue weighted by Crippen LogP contribution is -2.34. The average molecular weight is 345 g/mol. The van der Waals surface area contributed by atoms with Crippen molar-refractivity contribution in [2.75, 3.05) is 7.05 Å². The van der Waals surface area contributed by atoms with Gasteiger partial charge in [0.15, 0.2) is 0 Å². The van der Waals surface area contributed by atoms with Crippen LogP contribution in [-0.2, 0) is 17.9 Å². The van der Waals surface area contributed by atoms with Crippen LogP contribution >= 0.6 is 0 Å². The number of aromatic nitrogens is 2. The van der Waals surface area contributed by atoms with Crippen molar-refractivity contribution in [2.24, 2.45) is 0 Å². The predicted octanol–water partition coefficient (Wildman–Crippen LogP) is 4.09. The molecule has 2 aromatic carbocycles. The zero-order valence-electron chi connectivity index (χ0n) is 15.0. The van der Waals surface area contributed by atoms with Crippen molar-refractivity contribution in [3.63, 3.8) is 0 Å². The SMILES string of the molecule is CN(Cc1ccccc1)C(=O)C1CCCn2c(-c3ccccc3)cnc21. The highest BCUT2D eigenvalue weighted by atomic mass is 16.2. The topological polar surface area (TPSA) is 38.1 Å². The van der Waals surface area contributed by atoms with Crippen LogP contribution in [0.3, 0.4) is 0 Å². The van der Waals surface area contributed by atoms with Crippen LogP contribution in [0.1, 0.15) is 30.1 Å². The molecule has 1 aromatic heterocycles. The summed E-state index contributed by atoms with van der Waals surface area (Å²) in [6.07, 6.45) is 3.77. The summed E-state index contributed by atoms with van der Waals surface area (Å²) in [5.74, 6) is 0.898. The Balaban J connectivity index is 1.58. The lowest BCUT2D eigenvalue weighted by Gasteiger charge is -2.28. The largest absolute Gasteiger partial charge is 0.341 e. The fraction of sp³-hybridized carbons (Fsp3) is 0.273. The highest BCUT2D eigenvalue weighted by Gasteiger charge is 2.31. The number of likely N-dealkylation sites (N-methyl/N-ethyl adjacent to an activating group) is 1. The molecule has 132 valence electrons. The molecule has 1 atom stereocenters. The third-order valence-electron chi connectivity index (χ3n) is 5.08. The summed E-state index contributed by atoms with van der Waals surface area (Å²) in [4.78, 5) is 19.5. The summed E-state index contributed by atoms with van der Waals surface area (Å²) in [5.41, 5.74) is 3.40. The van der Waals surface area contributed by atoms with E-state index in [0.29, 0.717) is 6.54 Å². The molecule has 0 fully saturated rings. The van der Waals surface area contributed by atoms with Gasteiger partial charge in [0, 0.05) is 20.1 Å². The molecule has 1 amide bonds. The van der Waals surface area contributed by atoms with Gasteiger partial charge in [-0.25, -0.2) is 4.98 Å². The van der Waals surface area contributed by atoms with Gasteiger partial charge in [-0.15, -0.1) is 0 Å². The average Bonchev–Trinajstić information content (AvgIpc) is 3.13. The summed E-state index contributed by atoms with van der Waals surface area (Å²) in [5, 5.41) is 0. The van der Waals surface area contributed by atoms with Crippen molar-refractivity contribution in [3.05, 3.63) is 78.2 Å². The monoisotopic (exact) mass is 345 g/mol. The number of fused-ring (bicyclic) bond motifs is 1. The number of benzene rings is 2. The molecule has 4 heteroatoms. The summed E-state index contributed by atoms with van der Waals surface area (Å²) in [7, 11) is 1.88. The molecule has 3 aromatic rings. The molecule has 4 nitrogen and oxygen atoms in total. The number of carbonyl (C=O) groups excluding carboxylic acids is 1. The van der Waals surface area contributed by atoms with Crippen LogP contribution in [0.4, 0.5) is 0 Å². The lowest BCUT2D eigenvalue weighted by molar-refractivity contribution is -0.132.